The molecule has 0 atom stereocenters. The number of halogens is 2. The molecule has 126 valence electrons. The van der Waals surface area contributed by atoms with E-state index in [0.717, 1.165) is 11.3 Å². The number of rotatable bonds is 6. The van der Waals surface area contributed by atoms with Gasteiger partial charge in [0.05, 0.1) is 10.2 Å². The Morgan fingerprint density at radius 1 is 1.25 bits per heavy atom. The van der Waals surface area contributed by atoms with Crippen molar-refractivity contribution in [2.45, 2.75) is 13.8 Å². The number of nitrogens with one attached hydrogen (secondary N) is 1. The highest BCUT2D eigenvalue weighted by Crippen LogP contribution is 2.27. The fraction of sp³-hybridized carbons (Fsp3) is 0.222. The predicted molar refractivity (Wildman–Crippen MR) is 101 cm³/mol. The number of carbonyl (C=O) groups is 1. The maximum absolute atomic E-state index is 12.0. The van der Waals surface area contributed by atoms with Crippen LogP contribution >= 0.6 is 27.5 Å². The molecule has 0 unspecified atom stereocenters. The third-order valence-corrected chi connectivity index (χ3v) is 4.02. The van der Waals surface area contributed by atoms with Crippen LogP contribution in [0.25, 0.3) is 0 Å². The van der Waals surface area contributed by atoms with E-state index in [2.05, 4.69) is 26.5 Å². The second-order valence-electron chi connectivity index (χ2n) is 5.42. The van der Waals surface area contributed by atoms with Gasteiger partial charge in [-0.15, -0.1) is 0 Å². The molecule has 0 fully saturated rings. The molecule has 2 aromatic rings. The van der Waals surface area contributed by atoms with Crippen LogP contribution in [0, 0.1) is 5.92 Å². The summed E-state index contributed by atoms with van der Waals surface area (Å²) in [7, 11) is 0. The molecule has 0 bridgehead atoms. The number of hydrogen-bond acceptors (Lipinski definition) is 3. The van der Waals surface area contributed by atoms with Crippen molar-refractivity contribution in [3.63, 3.8) is 0 Å². The number of nitrogens with zero attached hydrogens (tertiary/aromatic N) is 1. The molecular weight excluding hydrogens is 392 g/mol. The van der Waals surface area contributed by atoms with Crippen LogP contribution in [0.15, 0.2) is 58.1 Å². The Balaban J connectivity index is 1.98. The normalized spacial score (nSPS) is 11.5. The highest BCUT2D eigenvalue weighted by molar-refractivity contribution is 9.10. The molecule has 0 aliphatic heterocycles. The van der Waals surface area contributed by atoms with Gasteiger partial charge in [-0.1, -0.05) is 55.8 Å². The van der Waals surface area contributed by atoms with E-state index in [4.69, 9.17) is 16.3 Å². The minimum Gasteiger partial charge on any atom is -0.483 e. The van der Waals surface area contributed by atoms with E-state index < -0.39 is 0 Å². The molecule has 0 saturated carbocycles. The van der Waals surface area contributed by atoms with Crippen LogP contribution in [-0.2, 0) is 4.79 Å². The van der Waals surface area contributed by atoms with Crippen molar-refractivity contribution in [1.82, 2.24) is 5.43 Å². The number of carbonyl (C=O) groups excluding carboxylic acids is 1. The van der Waals surface area contributed by atoms with Crippen LogP contribution in [-0.4, -0.2) is 18.2 Å². The molecule has 0 aliphatic carbocycles. The summed E-state index contributed by atoms with van der Waals surface area (Å²) in [5, 5.41) is 4.84. The van der Waals surface area contributed by atoms with Gasteiger partial charge in [0.1, 0.15) is 5.75 Å². The summed E-state index contributed by atoms with van der Waals surface area (Å²) in [6, 6.07) is 14.9. The highest BCUT2D eigenvalue weighted by atomic mass is 79.9. The molecule has 1 amide bonds. The van der Waals surface area contributed by atoms with Gasteiger partial charge in [-0.25, -0.2) is 5.43 Å². The maximum atomic E-state index is 12.0. The molecule has 4 nitrogen and oxygen atoms in total. The quantitative estimate of drug-likeness (QED) is 0.557. The van der Waals surface area contributed by atoms with E-state index in [9.17, 15) is 4.79 Å². The van der Waals surface area contributed by atoms with Crippen molar-refractivity contribution in [1.29, 1.82) is 0 Å². The molecular formula is C18H18BrClN2O2. The Bertz CT molecular complexity index is 733. The van der Waals surface area contributed by atoms with Gasteiger partial charge in [-0.2, -0.15) is 5.10 Å². The predicted octanol–water partition coefficient (Wildman–Crippen LogP) is 4.66. The lowest BCUT2D eigenvalue weighted by atomic mass is 10.0. The third kappa shape index (κ3) is 5.35. The largest absolute Gasteiger partial charge is 0.483 e. The maximum Gasteiger partial charge on any atom is 0.277 e. The molecule has 1 N–H and O–H groups in total. The second-order valence-corrected chi connectivity index (χ2v) is 6.71. The molecule has 0 heterocycles. The first-order valence-electron chi connectivity index (χ1n) is 7.47. The average Bonchev–Trinajstić information content (AvgIpc) is 2.55. The fourth-order valence-electron chi connectivity index (χ4n) is 2.03. The van der Waals surface area contributed by atoms with E-state index >= 15 is 0 Å². The highest BCUT2D eigenvalue weighted by Gasteiger charge is 2.10. The summed E-state index contributed by atoms with van der Waals surface area (Å²) in [4.78, 5) is 12.0. The molecule has 0 spiro atoms. The Morgan fingerprint density at radius 3 is 2.58 bits per heavy atom. The lowest BCUT2D eigenvalue weighted by molar-refractivity contribution is -0.123. The van der Waals surface area contributed by atoms with Gasteiger partial charge >= 0.3 is 0 Å². The van der Waals surface area contributed by atoms with Crippen LogP contribution < -0.4 is 10.2 Å². The van der Waals surface area contributed by atoms with Gasteiger partial charge in [0.25, 0.3) is 5.91 Å². The van der Waals surface area contributed by atoms with Crippen LogP contribution in [0.3, 0.4) is 0 Å². The zero-order chi connectivity index (χ0) is 17.5. The van der Waals surface area contributed by atoms with Crippen LogP contribution in [0.5, 0.6) is 5.75 Å². The molecule has 2 rings (SSSR count). The zero-order valence-electron chi connectivity index (χ0n) is 13.4. The van der Waals surface area contributed by atoms with Crippen molar-refractivity contribution in [2.75, 3.05) is 6.61 Å². The van der Waals surface area contributed by atoms with Gasteiger partial charge in [-0.3, -0.25) is 4.79 Å². The molecule has 0 radical (unpaired) electrons. The van der Waals surface area contributed by atoms with E-state index in [1.165, 1.54) is 0 Å². The molecule has 0 aromatic heterocycles. The Labute approximate surface area is 155 Å². The van der Waals surface area contributed by atoms with Gasteiger partial charge in [-0.05, 0) is 45.6 Å². The molecule has 24 heavy (non-hydrogen) atoms. The number of hydrogen-bond donors (Lipinski definition) is 1. The van der Waals surface area contributed by atoms with Crippen molar-refractivity contribution in [3.8, 4) is 5.75 Å². The molecule has 6 heteroatoms. The van der Waals surface area contributed by atoms with Gasteiger partial charge in [0.2, 0.25) is 0 Å². The smallest absolute Gasteiger partial charge is 0.277 e. The van der Waals surface area contributed by atoms with Crippen molar-refractivity contribution >= 4 is 39.1 Å². The van der Waals surface area contributed by atoms with Crippen molar-refractivity contribution in [2.24, 2.45) is 11.0 Å². The standard InChI is InChI=1S/C18H18BrClN2O2/c1-12(2)18(13-6-4-3-5-7-13)22-21-17(23)11-24-16-9-8-14(20)10-15(16)19/h3-10,12H,11H2,1-2H3,(H,21,23). The van der Waals surface area contributed by atoms with Gasteiger partial charge in [0.15, 0.2) is 6.61 Å². The van der Waals surface area contributed by atoms with Crippen LogP contribution in [0.1, 0.15) is 19.4 Å². The Morgan fingerprint density at radius 2 is 1.96 bits per heavy atom. The van der Waals surface area contributed by atoms with Crippen molar-refractivity contribution < 1.29 is 9.53 Å². The summed E-state index contributed by atoms with van der Waals surface area (Å²) in [5.74, 6) is 0.399. The summed E-state index contributed by atoms with van der Waals surface area (Å²) in [6.45, 7) is 3.92. The monoisotopic (exact) mass is 408 g/mol. The first kappa shape index (κ1) is 18.5. The minimum absolute atomic E-state index is 0.135. The summed E-state index contributed by atoms with van der Waals surface area (Å²) >= 11 is 9.21. The summed E-state index contributed by atoms with van der Waals surface area (Å²) in [6.07, 6.45) is 0. The number of amides is 1. The molecule has 0 saturated heterocycles. The Hall–Kier alpha value is -1.85. The first-order chi connectivity index (χ1) is 11.5. The lowest BCUT2D eigenvalue weighted by Gasteiger charge is -2.11. The second kappa shape index (κ2) is 8.85. The van der Waals surface area contributed by atoms with Crippen LogP contribution in [0.4, 0.5) is 0 Å². The SMILES string of the molecule is CC(C)C(=NNC(=O)COc1ccc(Cl)cc1Br)c1ccccc1. The van der Waals surface area contributed by atoms with E-state index in [1.54, 1.807) is 18.2 Å². The zero-order valence-corrected chi connectivity index (χ0v) is 15.8. The van der Waals surface area contributed by atoms with Gasteiger partial charge < -0.3 is 4.74 Å². The number of benzene rings is 2. The topological polar surface area (TPSA) is 50.7 Å². The number of ether oxygens (including phenoxy) is 1. The number of hydrazone groups is 1. The Kier molecular flexibility index (Phi) is 6.82. The third-order valence-electron chi connectivity index (χ3n) is 3.17. The summed E-state index contributed by atoms with van der Waals surface area (Å²) in [5.41, 5.74) is 4.34. The van der Waals surface area contributed by atoms with E-state index in [-0.39, 0.29) is 18.4 Å². The van der Waals surface area contributed by atoms with Crippen molar-refractivity contribution in [3.05, 3.63) is 63.6 Å². The van der Waals surface area contributed by atoms with E-state index in [1.807, 2.05) is 44.2 Å². The molecule has 0 aliphatic rings. The summed E-state index contributed by atoms with van der Waals surface area (Å²) < 4.78 is 6.16. The average molecular weight is 410 g/mol. The minimum atomic E-state index is -0.328. The fourth-order valence-corrected chi connectivity index (χ4v) is 2.82. The van der Waals surface area contributed by atoms with Gasteiger partial charge in [0, 0.05) is 5.02 Å². The first-order valence-corrected chi connectivity index (χ1v) is 8.64. The molecule has 2 aromatic carbocycles. The lowest BCUT2D eigenvalue weighted by Crippen LogP contribution is -2.27. The van der Waals surface area contributed by atoms with E-state index in [0.29, 0.717) is 15.2 Å². The van der Waals surface area contributed by atoms with Crippen LogP contribution in [0.2, 0.25) is 5.02 Å².